The van der Waals surface area contributed by atoms with Crippen LogP contribution in [-0.4, -0.2) is 53.5 Å². The number of carbonyl (C=O) groups is 2. The quantitative estimate of drug-likeness (QED) is 0.232. The molecule has 1 atom stereocenters. The first-order chi connectivity index (χ1) is 9.38. The number of hydrogen-bond acceptors (Lipinski definition) is 4. The van der Waals surface area contributed by atoms with Crippen molar-refractivity contribution in [2.45, 2.75) is 38.6 Å². The van der Waals surface area contributed by atoms with Crippen LogP contribution < -0.4 is 17.2 Å². The Balaban J connectivity index is 4.31. The number of carboxylic acid groups (broad SMARTS) is 1. The van der Waals surface area contributed by atoms with Crippen LogP contribution in [0, 0.1) is 0 Å². The monoisotopic (exact) mass is 287 g/mol. The molecule has 0 aromatic rings. The van der Waals surface area contributed by atoms with E-state index in [1.807, 2.05) is 6.92 Å². The molecule has 0 aliphatic heterocycles. The van der Waals surface area contributed by atoms with Gasteiger partial charge in [0.25, 0.3) is 0 Å². The van der Waals surface area contributed by atoms with Crippen molar-refractivity contribution in [1.82, 2.24) is 4.90 Å². The zero-order valence-corrected chi connectivity index (χ0v) is 11.9. The van der Waals surface area contributed by atoms with E-state index >= 15 is 0 Å². The van der Waals surface area contributed by atoms with Crippen LogP contribution in [0.5, 0.6) is 0 Å². The molecule has 116 valence electrons. The highest BCUT2D eigenvalue weighted by Gasteiger charge is 2.22. The van der Waals surface area contributed by atoms with Crippen molar-refractivity contribution in [3.63, 3.8) is 0 Å². The average Bonchev–Trinajstić information content (AvgIpc) is 2.37. The maximum atomic E-state index is 12.1. The van der Waals surface area contributed by atoms with Gasteiger partial charge in [0, 0.05) is 13.1 Å². The second kappa shape index (κ2) is 10.0. The molecule has 0 heterocycles. The summed E-state index contributed by atoms with van der Waals surface area (Å²) >= 11 is 0. The summed E-state index contributed by atoms with van der Waals surface area (Å²) in [7, 11) is 0. The standard InChI is InChI=1S/C12H25N5O3/c1-2-3-7-17(8-10(18)19)11(20)9(13)5-4-6-16-12(14)15/h9H,2-8,13H2,1H3,(H,18,19)(H4,14,15,16)/t9-/m1/s1. The minimum absolute atomic E-state index is 0.000322. The van der Waals surface area contributed by atoms with Gasteiger partial charge in [-0.2, -0.15) is 0 Å². The molecule has 0 rings (SSSR count). The molecule has 0 aliphatic rings. The Morgan fingerprint density at radius 1 is 1.30 bits per heavy atom. The Morgan fingerprint density at radius 3 is 2.45 bits per heavy atom. The number of hydrogen-bond donors (Lipinski definition) is 4. The van der Waals surface area contributed by atoms with Gasteiger partial charge in [0.15, 0.2) is 5.96 Å². The number of rotatable bonds is 10. The van der Waals surface area contributed by atoms with Crippen LogP contribution in [-0.2, 0) is 9.59 Å². The number of unbranched alkanes of at least 4 members (excludes halogenated alkanes) is 1. The van der Waals surface area contributed by atoms with Gasteiger partial charge in [-0.3, -0.25) is 14.6 Å². The summed E-state index contributed by atoms with van der Waals surface area (Å²) < 4.78 is 0. The lowest BCUT2D eigenvalue weighted by atomic mass is 10.1. The van der Waals surface area contributed by atoms with Gasteiger partial charge >= 0.3 is 5.97 Å². The number of aliphatic carboxylic acids is 1. The van der Waals surface area contributed by atoms with Gasteiger partial charge in [-0.25, -0.2) is 0 Å². The molecule has 0 saturated carbocycles. The van der Waals surface area contributed by atoms with Gasteiger partial charge in [0.1, 0.15) is 6.54 Å². The second-order valence-corrected chi connectivity index (χ2v) is 4.56. The highest BCUT2D eigenvalue weighted by molar-refractivity contribution is 5.85. The summed E-state index contributed by atoms with van der Waals surface area (Å²) in [6.07, 6.45) is 2.61. The predicted molar refractivity (Wildman–Crippen MR) is 77.0 cm³/mol. The van der Waals surface area contributed by atoms with E-state index in [9.17, 15) is 9.59 Å². The third-order valence-corrected chi connectivity index (χ3v) is 2.70. The molecule has 1 amide bonds. The maximum Gasteiger partial charge on any atom is 0.323 e. The number of nitrogens with zero attached hydrogens (tertiary/aromatic N) is 2. The lowest BCUT2D eigenvalue weighted by Gasteiger charge is -2.23. The normalized spacial score (nSPS) is 11.7. The molecule has 20 heavy (non-hydrogen) atoms. The second-order valence-electron chi connectivity index (χ2n) is 4.56. The molecular weight excluding hydrogens is 262 g/mol. The number of amides is 1. The molecule has 0 aromatic heterocycles. The fourth-order valence-electron chi connectivity index (χ4n) is 1.66. The summed E-state index contributed by atoms with van der Waals surface area (Å²) in [5, 5.41) is 8.81. The minimum Gasteiger partial charge on any atom is -0.480 e. The Hall–Kier alpha value is -1.83. The third-order valence-electron chi connectivity index (χ3n) is 2.70. The zero-order chi connectivity index (χ0) is 15.5. The molecule has 8 heteroatoms. The summed E-state index contributed by atoms with van der Waals surface area (Å²) in [5.41, 5.74) is 16.2. The molecule has 0 unspecified atom stereocenters. The van der Waals surface area contributed by atoms with Crippen LogP contribution in [0.4, 0.5) is 0 Å². The van der Waals surface area contributed by atoms with Gasteiger partial charge < -0.3 is 27.2 Å². The van der Waals surface area contributed by atoms with Crippen LogP contribution in [0.3, 0.4) is 0 Å². The Labute approximate surface area is 119 Å². The molecule has 0 spiro atoms. The van der Waals surface area contributed by atoms with Gasteiger partial charge in [0.05, 0.1) is 6.04 Å². The van der Waals surface area contributed by atoms with Crippen molar-refractivity contribution in [2.75, 3.05) is 19.6 Å². The van der Waals surface area contributed by atoms with Crippen molar-refractivity contribution in [3.05, 3.63) is 0 Å². The molecular formula is C12H25N5O3. The topological polar surface area (TPSA) is 148 Å². The number of guanidine groups is 1. The summed E-state index contributed by atoms with van der Waals surface area (Å²) in [6, 6.07) is -0.722. The van der Waals surface area contributed by atoms with Gasteiger partial charge in [-0.05, 0) is 19.3 Å². The van der Waals surface area contributed by atoms with E-state index < -0.39 is 12.0 Å². The first-order valence-electron chi connectivity index (χ1n) is 6.70. The Kier molecular flexibility index (Phi) is 9.10. The zero-order valence-electron chi connectivity index (χ0n) is 11.9. The van der Waals surface area contributed by atoms with Crippen molar-refractivity contribution < 1.29 is 14.7 Å². The van der Waals surface area contributed by atoms with E-state index in [2.05, 4.69) is 4.99 Å². The van der Waals surface area contributed by atoms with Crippen molar-refractivity contribution >= 4 is 17.8 Å². The Morgan fingerprint density at radius 2 is 1.95 bits per heavy atom. The molecule has 0 saturated heterocycles. The van der Waals surface area contributed by atoms with E-state index in [1.54, 1.807) is 0 Å². The lowest BCUT2D eigenvalue weighted by molar-refractivity contribution is -0.145. The SMILES string of the molecule is CCCCN(CC(=O)O)C(=O)[C@H](N)CCCN=C(N)N. The smallest absolute Gasteiger partial charge is 0.323 e. The number of nitrogens with two attached hydrogens (primary N) is 3. The van der Waals surface area contributed by atoms with Crippen molar-refractivity contribution in [1.29, 1.82) is 0 Å². The van der Waals surface area contributed by atoms with Gasteiger partial charge in [-0.15, -0.1) is 0 Å². The average molecular weight is 287 g/mol. The molecule has 0 bridgehead atoms. The predicted octanol–water partition coefficient (Wildman–Crippen LogP) is -0.919. The van der Waals surface area contributed by atoms with E-state index in [0.717, 1.165) is 12.8 Å². The first-order valence-corrected chi connectivity index (χ1v) is 6.70. The molecule has 7 N–H and O–H groups in total. The highest BCUT2D eigenvalue weighted by Crippen LogP contribution is 2.03. The largest absolute Gasteiger partial charge is 0.480 e. The van der Waals surface area contributed by atoms with Crippen LogP contribution >= 0.6 is 0 Å². The summed E-state index contributed by atoms with van der Waals surface area (Å²) in [4.78, 5) is 27.9. The molecule has 0 radical (unpaired) electrons. The molecule has 0 aliphatic carbocycles. The summed E-state index contributed by atoms with van der Waals surface area (Å²) in [6.45, 7) is 2.46. The van der Waals surface area contributed by atoms with Crippen LogP contribution in [0.15, 0.2) is 4.99 Å². The van der Waals surface area contributed by atoms with Crippen LogP contribution in [0.25, 0.3) is 0 Å². The van der Waals surface area contributed by atoms with E-state index in [-0.39, 0.29) is 18.4 Å². The number of carbonyl (C=O) groups excluding carboxylic acids is 1. The summed E-state index contributed by atoms with van der Waals surface area (Å²) in [5.74, 6) is -1.38. The van der Waals surface area contributed by atoms with E-state index in [0.29, 0.717) is 25.9 Å². The van der Waals surface area contributed by atoms with E-state index in [1.165, 1.54) is 4.90 Å². The lowest BCUT2D eigenvalue weighted by Crippen LogP contribution is -2.46. The van der Waals surface area contributed by atoms with E-state index in [4.69, 9.17) is 22.3 Å². The van der Waals surface area contributed by atoms with Crippen LogP contribution in [0.1, 0.15) is 32.6 Å². The number of carboxylic acids is 1. The number of aliphatic imine (C=N–C) groups is 1. The molecule has 8 nitrogen and oxygen atoms in total. The fourth-order valence-corrected chi connectivity index (χ4v) is 1.66. The van der Waals surface area contributed by atoms with Crippen LogP contribution in [0.2, 0.25) is 0 Å². The van der Waals surface area contributed by atoms with Crippen molar-refractivity contribution in [3.8, 4) is 0 Å². The minimum atomic E-state index is -1.04. The Bertz CT molecular complexity index is 342. The molecule has 0 aromatic carbocycles. The first kappa shape index (κ1) is 18.2. The molecule has 0 fully saturated rings. The van der Waals surface area contributed by atoms with Gasteiger partial charge in [0.2, 0.25) is 5.91 Å². The van der Waals surface area contributed by atoms with Gasteiger partial charge in [-0.1, -0.05) is 13.3 Å². The third kappa shape index (κ3) is 8.30. The maximum absolute atomic E-state index is 12.1. The highest BCUT2D eigenvalue weighted by atomic mass is 16.4. The fraction of sp³-hybridized carbons (Fsp3) is 0.750. The van der Waals surface area contributed by atoms with Crippen molar-refractivity contribution in [2.24, 2.45) is 22.2 Å².